The Morgan fingerprint density at radius 2 is 1.67 bits per heavy atom. The van der Waals surface area contributed by atoms with E-state index in [-0.39, 0.29) is 6.10 Å². The fraction of sp³-hybridized carbons (Fsp3) is 0.389. The molecule has 2 aromatic rings. The molecule has 21 heavy (non-hydrogen) atoms. The Hall–Kier alpha value is -2.05. The van der Waals surface area contributed by atoms with Crippen LogP contribution in [0, 0.1) is 6.57 Å². The van der Waals surface area contributed by atoms with Crippen molar-refractivity contribution in [3.63, 3.8) is 0 Å². The Bertz CT molecular complexity index is 720. The van der Waals surface area contributed by atoms with Crippen LogP contribution in [-0.4, -0.2) is 23.3 Å². The standard InChI is InChI=1S/C18H18N2O/c1-19-17-8-9-18(16-5-3-2-4-15(16)17)20-12-6-7-13(20)11-14(21)10-12/h2-5,8-9,12-14,21H,6-7,10-11H2. The van der Waals surface area contributed by atoms with Gasteiger partial charge < -0.3 is 10.0 Å². The van der Waals surface area contributed by atoms with Gasteiger partial charge in [0.1, 0.15) is 0 Å². The summed E-state index contributed by atoms with van der Waals surface area (Å²) in [6.45, 7) is 7.34. The van der Waals surface area contributed by atoms with Crippen LogP contribution < -0.4 is 4.90 Å². The largest absolute Gasteiger partial charge is 0.393 e. The van der Waals surface area contributed by atoms with Crippen LogP contribution in [-0.2, 0) is 0 Å². The summed E-state index contributed by atoms with van der Waals surface area (Å²) in [6, 6.07) is 13.1. The molecule has 2 aliphatic heterocycles. The number of piperidine rings is 1. The lowest BCUT2D eigenvalue weighted by Gasteiger charge is -2.39. The minimum Gasteiger partial charge on any atom is -0.393 e. The molecule has 2 atom stereocenters. The third-order valence-corrected chi connectivity index (χ3v) is 4.98. The molecule has 3 heteroatoms. The van der Waals surface area contributed by atoms with Crippen molar-refractivity contribution in [2.75, 3.05) is 4.90 Å². The average molecular weight is 278 g/mol. The van der Waals surface area contributed by atoms with E-state index in [4.69, 9.17) is 6.57 Å². The lowest BCUT2D eigenvalue weighted by atomic mass is 9.97. The van der Waals surface area contributed by atoms with Gasteiger partial charge in [0, 0.05) is 17.8 Å². The maximum Gasteiger partial charge on any atom is 0.195 e. The van der Waals surface area contributed by atoms with Crippen molar-refractivity contribution in [2.45, 2.75) is 43.9 Å². The van der Waals surface area contributed by atoms with Crippen LogP contribution in [0.5, 0.6) is 0 Å². The first kappa shape index (κ1) is 12.7. The predicted octanol–water partition coefficient (Wildman–Crippen LogP) is 3.88. The smallest absolute Gasteiger partial charge is 0.195 e. The van der Waals surface area contributed by atoms with E-state index in [0.29, 0.717) is 12.1 Å². The van der Waals surface area contributed by atoms with Gasteiger partial charge in [0.25, 0.3) is 0 Å². The van der Waals surface area contributed by atoms with Crippen molar-refractivity contribution in [1.29, 1.82) is 0 Å². The van der Waals surface area contributed by atoms with Gasteiger partial charge in [0.15, 0.2) is 5.69 Å². The Morgan fingerprint density at radius 1 is 1.00 bits per heavy atom. The van der Waals surface area contributed by atoms with Gasteiger partial charge in [0.05, 0.1) is 12.7 Å². The highest BCUT2D eigenvalue weighted by Gasteiger charge is 2.40. The third-order valence-electron chi connectivity index (χ3n) is 4.98. The quantitative estimate of drug-likeness (QED) is 0.802. The monoisotopic (exact) mass is 278 g/mol. The molecule has 0 amide bonds. The lowest BCUT2D eigenvalue weighted by molar-refractivity contribution is 0.126. The molecule has 2 aliphatic rings. The number of rotatable bonds is 1. The van der Waals surface area contributed by atoms with Crippen molar-refractivity contribution >= 4 is 22.1 Å². The van der Waals surface area contributed by atoms with Crippen molar-refractivity contribution < 1.29 is 5.11 Å². The molecule has 3 nitrogen and oxygen atoms in total. The highest BCUT2D eigenvalue weighted by molar-refractivity contribution is 6.02. The molecule has 2 unspecified atom stereocenters. The van der Waals surface area contributed by atoms with E-state index < -0.39 is 0 Å². The number of hydrogen-bond donors (Lipinski definition) is 1. The topological polar surface area (TPSA) is 27.8 Å². The third kappa shape index (κ3) is 1.91. The van der Waals surface area contributed by atoms with Crippen LogP contribution in [0.1, 0.15) is 25.7 Å². The molecule has 2 saturated heterocycles. The minimum atomic E-state index is -0.146. The molecule has 0 saturated carbocycles. The second-order valence-electron chi connectivity index (χ2n) is 6.18. The maximum atomic E-state index is 9.98. The van der Waals surface area contributed by atoms with E-state index >= 15 is 0 Å². The van der Waals surface area contributed by atoms with Crippen molar-refractivity contribution in [2.24, 2.45) is 0 Å². The van der Waals surface area contributed by atoms with Gasteiger partial charge >= 0.3 is 0 Å². The van der Waals surface area contributed by atoms with E-state index in [9.17, 15) is 5.11 Å². The van der Waals surface area contributed by atoms with E-state index in [1.807, 2.05) is 24.3 Å². The molecule has 106 valence electrons. The van der Waals surface area contributed by atoms with Crippen LogP contribution in [0.15, 0.2) is 36.4 Å². The number of aliphatic hydroxyl groups excluding tert-OH is 1. The molecule has 0 spiro atoms. The minimum absolute atomic E-state index is 0.146. The van der Waals surface area contributed by atoms with E-state index in [1.54, 1.807) is 0 Å². The predicted molar refractivity (Wildman–Crippen MR) is 84.7 cm³/mol. The second kappa shape index (κ2) is 4.75. The molecular weight excluding hydrogens is 260 g/mol. The van der Waals surface area contributed by atoms with Crippen molar-refractivity contribution in [1.82, 2.24) is 0 Å². The highest BCUT2D eigenvalue weighted by Crippen LogP contribution is 2.43. The Morgan fingerprint density at radius 3 is 2.33 bits per heavy atom. The summed E-state index contributed by atoms with van der Waals surface area (Å²) >= 11 is 0. The molecular formula is C18H18N2O. The lowest BCUT2D eigenvalue weighted by Crippen LogP contribution is -2.44. The molecule has 0 radical (unpaired) electrons. The number of hydrogen-bond acceptors (Lipinski definition) is 2. The number of aliphatic hydroxyl groups is 1. The van der Waals surface area contributed by atoms with Crippen LogP contribution >= 0.6 is 0 Å². The molecule has 0 aliphatic carbocycles. The van der Waals surface area contributed by atoms with Gasteiger partial charge in [-0.3, -0.25) is 0 Å². The van der Waals surface area contributed by atoms with Crippen LogP contribution in [0.2, 0.25) is 0 Å². The number of nitrogens with zero attached hydrogens (tertiary/aromatic N) is 2. The summed E-state index contributed by atoms with van der Waals surface area (Å²) in [6.07, 6.45) is 3.93. The van der Waals surface area contributed by atoms with Gasteiger partial charge in [0.2, 0.25) is 0 Å². The van der Waals surface area contributed by atoms with E-state index in [1.165, 1.54) is 23.9 Å². The summed E-state index contributed by atoms with van der Waals surface area (Å²) in [7, 11) is 0. The van der Waals surface area contributed by atoms with Gasteiger partial charge in [-0.15, -0.1) is 0 Å². The molecule has 4 rings (SSSR count). The van der Waals surface area contributed by atoms with Crippen molar-refractivity contribution in [3.05, 3.63) is 47.8 Å². The van der Waals surface area contributed by atoms with Crippen LogP contribution in [0.25, 0.3) is 15.6 Å². The fourth-order valence-electron chi connectivity index (χ4n) is 4.13. The van der Waals surface area contributed by atoms with Gasteiger partial charge in [-0.05, 0) is 42.5 Å². The SMILES string of the molecule is [C-]#[N+]c1ccc(N2C3CCC2CC(O)C3)c2ccccc12. The Balaban J connectivity index is 1.87. The molecule has 2 aromatic carbocycles. The normalized spacial score (nSPS) is 27.8. The first-order chi connectivity index (χ1) is 10.3. The van der Waals surface area contributed by atoms with Gasteiger partial charge in [-0.25, -0.2) is 4.85 Å². The number of benzene rings is 2. The number of fused-ring (bicyclic) bond motifs is 3. The molecule has 2 fully saturated rings. The molecule has 2 bridgehead atoms. The summed E-state index contributed by atoms with van der Waals surface area (Å²) in [5.74, 6) is 0. The highest BCUT2D eigenvalue weighted by atomic mass is 16.3. The zero-order valence-electron chi connectivity index (χ0n) is 11.9. The first-order valence-corrected chi connectivity index (χ1v) is 7.63. The average Bonchev–Trinajstić information content (AvgIpc) is 2.77. The molecule has 0 aromatic heterocycles. The zero-order valence-corrected chi connectivity index (χ0v) is 11.9. The second-order valence-corrected chi connectivity index (χ2v) is 6.18. The van der Waals surface area contributed by atoms with E-state index in [2.05, 4.69) is 21.9 Å². The fourth-order valence-corrected chi connectivity index (χ4v) is 4.13. The summed E-state index contributed by atoms with van der Waals surface area (Å²) in [4.78, 5) is 6.14. The Kier molecular flexibility index (Phi) is 2.87. The Labute approximate surface area is 124 Å². The zero-order chi connectivity index (χ0) is 14.4. The summed E-state index contributed by atoms with van der Waals surface area (Å²) < 4.78 is 0. The number of anilines is 1. The van der Waals surface area contributed by atoms with Crippen LogP contribution in [0.4, 0.5) is 11.4 Å². The van der Waals surface area contributed by atoms with Crippen LogP contribution in [0.3, 0.4) is 0 Å². The molecule has 1 N–H and O–H groups in total. The van der Waals surface area contributed by atoms with Gasteiger partial charge in [-0.1, -0.05) is 30.3 Å². The summed E-state index contributed by atoms with van der Waals surface area (Å²) in [5, 5.41) is 12.2. The molecule has 2 heterocycles. The van der Waals surface area contributed by atoms with E-state index in [0.717, 1.165) is 23.9 Å². The summed E-state index contributed by atoms with van der Waals surface area (Å²) in [5.41, 5.74) is 1.95. The van der Waals surface area contributed by atoms with Gasteiger partial charge in [-0.2, -0.15) is 0 Å². The first-order valence-electron chi connectivity index (χ1n) is 7.63. The van der Waals surface area contributed by atoms with Crippen molar-refractivity contribution in [3.8, 4) is 0 Å². The maximum absolute atomic E-state index is 9.98.